The largest absolute Gasteiger partial charge is 0.248 e. The van der Waals surface area contributed by atoms with Gasteiger partial charge in [0.15, 0.2) is 11.6 Å². The number of nitrogens with zero attached hydrogens (tertiary/aromatic N) is 3. The Labute approximate surface area is 136 Å². The van der Waals surface area contributed by atoms with Gasteiger partial charge in [-0.05, 0) is 17.7 Å². The summed E-state index contributed by atoms with van der Waals surface area (Å²) in [5.74, 6) is 1.53. The van der Waals surface area contributed by atoms with Crippen LogP contribution >= 0.6 is 27.5 Å². The van der Waals surface area contributed by atoms with Gasteiger partial charge in [0.2, 0.25) is 0 Å². The maximum Gasteiger partial charge on any atom is 0.181 e. The molecule has 0 fully saturated rings. The van der Waals surface area contributed by atoms with Gasteiger partial charge < -0.3 is 0 Å². The molecule has 0 saturated heterocycles. The van der Waals surface area contributed by atoms with Crippen LogP contribution < -0.4 is 0 Å². The van der Waals surface area contributed by atoms with Gasteiger partial charge in [0, 0.05) is 28.5 Å². The second-order valence-electron chi connectivity index (χ2n) is 4.68. The van der Waals surface area contributed by atoms with Gasteiger partial charge in [-0.25, -0.2) is 9.67 Å². The van der Waals surface area contributed by atoms with Crippen molar-refractivity contribution in [3.8, 4) is 22.8 Å². The Hall–Kier alpha value is -1.65. The summed E-state index contributed by atoms with van der Waals surface area (Å²) in [5.41, 5.74) is 3.18. The van der Waals surface area contributed by atoms with Crippen LogP contribution in [0.4, 0.5) is 0 Å². The molecule has 0 amide bonds. The molecule has 0 unspecified atom stereocenters. The summed E-state index contributed by atoms with van der Waals surface area (Å²) in [7, 11) is 1.90. The van der Waals surface area contributed by atoms with E-state index in [0.29, 0.717) is 10.8 Å². The van der Waals surface area contributed by atoms with Crippen LogP contribution in [0.25, 0.3) is 22.8 Å². The Morgan fingerprint density at radius 3 is 2.71 bits per heavy atom. The number of hydrogen-bond donors (Lipinski definition) is 0. The van der Waals surface area contributed by atoms with Crippen LogP contribution in [-0.4, -0.2) is 14.8 Å². The van der Waals surface area contributed by atoms with E-state index in [9.17, 15) is 0 Å². The molecule has 106 valence electrons. The molecule has 21 heavy (non-hydrogen) atoms. The van der Waals surface area contributed by atoms with Crippen molar-refractivity contribution in [1.29, 1.82) is 0 Å². The van der Waals surface area contributed by atoms with E-state index in [1.165, 1.54) is 5.56 Å². The molecule has 3 aromatic rings. The maximum atomic E-state index is 6.04. The molecule has 0 atom stereocenters. The third-order valence-electron chi connectivity index (χ3n) is 3.25. The van der Waals surface area contributed by atoms with Crippen molar-refractivity contribution in [2.24, 2.45) is 7.05 Å². The van der Waals surface area contributed by atoms with Crippen LogP contribution in [0.15, 0.2) is 48.5 Å². The average Bonchev–Trinajstić information content (AvgIpc) is 2.89. The van der Waals surface area contributed by atoms with E-state index in [0.717, 1.165) is 22.3 Å². The van der Waals surface area contributed by atoms with E-state index < -0.39 is 0 Å². The van der Waals surface area contributed by atoms with Crippen LogP contribution in [-0.2, 0) is 12.4 Å². The summed E-state index contributed by atoms with van der Waals surface area (Å²) in [6.07, 6.45) is 0. The van der Waals surface area contributed by atoms with E-state index in [1.807, 2.05) is 43.4 Å². The summed E-state index contributed by atoms with van der Waals surface area (Å²) < 4.78 is 1.80. The van der Waals surface area contributed by atoms with E-state index in [4.69, 9.17) is 11.6 Å². The van der Waals surface area contributed by atoms with Crippen molar-refractivity contribution in [1.82, 2.24) is 14.8 Å². The molecule has 0 N–H and O–H groups in total. The maximum absolute atomic E-state index is 6.04. The van der Waals surface area contributed by atoms with E-state index >= 15 is 0 Å². The Bertz CT molecular complexity index is 783. The number of rotatable bonds is 3. The van der Waals surface area contributed by atoms with Crippen molar-refractivity contribution in [2.45, 2.75) is 5.33 Å². The minimum Gasteiger partial charge on any atom is -0.248 e. The summed E-state index contributed by atoms with van der Waals surface area (Å²) in [6.45, 7) is 0. The molecular weight excluding hydrogens is 350 g/mol. The predicted molar refractivity (Wildman–Crippen MR) is 89.5 cm³/mol. The van der Waals surface area contributed by atoms with Gasteiger partial charge in [-0.2, -0.15) is 5.10 Å². The van der Waals surface area contributed by atoms with E-state index in [1.54, 1.807) is 4.68 Å². The molecule has 0 radical (unpaired) electrons. The quantitative estimate of drug-likeness (QED) is 0.632. The van der Waals surface area contributed by atoms with Crippen molar-refractivity contribution in [2.75, 3.05) is 0 Å². The van der Waals surface area contributed by atoms with Crippen LogP contribution in [0.1, 0.15) is 5.56 Å². The normalized spacial score (nSPS) is 10.8. The minimum absolute atomic E-state index is 0.680. The number of halogens is 2. The van der Waals surface area contributed by atoms with Gasteiger partial charge in [0.05, 0.1) is 0 Å². The van der Waals surface area contributed by atoms with Crippen molar-refractivity contribution in [3.05, 3.63) is 59.1 Å². The zero-order valence-electron chi connectivity index (χ0n) is 11.4. The van der Waals surface area contributed by atoms with Crippen LogP contribution in [0.3, 0.4) is 0 Å². The highest BCUT2D eigenvalue weighted by atomic mass is 79.9. The molecule has 1 aromatic heterocycles. The lowest BCUT2D eigenvalue weighted by Crippen LogP contribution is -1.96. The van der Waals surface area contributed by atoms with Crippen LogP contribution in [0, 0.1) is 0 Å². The standard InChI is InChI=1S/C16H13BrClN3/c1-21-16(14-8-3-2-5-12(14)10-17)19-15(20-21)11-6-4-7-13(18)9-11/h2-9H,10H2,1H3. The summed E-state index contributed by atoms with van der Waals surface area (Å²) in [5, 5.41) is 5.97. The number of alkyl halides is 1. The molecule has 1 heterocycles. The molecule has 2 aromatic carbocycles. The Morgan fingerprint density at radius 1 is 1.14 bits per heavy atom. The molecule has 0 aliphatic rings. The highest BCUT2D eigenvalue weighted by Gasteiger charge is 2.13. The average molecular weight is 363 g/mol. The lowest BCUT2D eigenvalue weighted by molar-refractivity contribution is 0.776. The fourth-order valence-electron chi connectivity index (χ4n) is 2.22. The summed E-state index contributed by atoms with van der Waals surface area (Å²) in [4.78, 5) is 4.67. The van der Waals surface area contributed by atoms with Crippen molar-refractivity contribution < 1.29 is 0 Å². The zero-order chi connectivity index (χ0) is 14.8. The van der Waals surface area contributed by atoms with E-state index in [-0.39, 0.29) is 0 Å². The summed E-state index contributed by atoms with van der Waals surface area (Å²) in [6, 6.07) is 15.7. The topological polar surface area (TPSA) is 30.7 Å². The molecule has 0 aliphatic heterocycles. The first kappa shape index (κ1) is 14.3. The van der Waals surface area contributed by atoms with E-state index in [2.05, 4.69) is 38.1 Å². The molecule has 3 rings (SSSR count). The van der Waals surface area contributed by atoms with Gasteiger partial charge in [0.1, 0.15) is 0 Å². The van der Waals surface area contributed by atoms with Gasteiger partial charge in [0.25, 0.3) is 0 Å². The van der Waals surface area contributed by atoms with Crippen molar-refractivity contribution in [3.63, 3.8) is 0 Å². The van der Waals surface area contributed by atoms with Gasteiger partial charge in [-0.15, -0.1) is 0 Å². The van der Waals surface area contributed by atoms with Gasteiger partial charge in [-0.3, -0.25) is 0 Å². The molecule has 5 heteroatoms. The molecule has 0 aliphatic carbocycles. The van der Waals surface area contributed by atoms with Gasteiger partial charge in [-0.1, -0.05) is 63.9 Å². The smallest absolute Gasteiger partial charge is 0.181 e. The molecule has 0 bridgehead atoms. The Kier molecular flexibility index (Phi) is 4.08. The fraction of sp³-hybridized carbons (Fsp3) is 0.125. The molecule has 3 nitrogen and oxygen atoms in total. The third-order valence-corrected chi connectivity index (χ3v) is 4.09. The van der Waals surface area contributed by atoms with Crippen molar-refractivity contribution >= 4 is 27.5 Å². The lowest BCUT2D eigenvalue weighted by atomic mass is 10.1. The SMILES string of the molecule is Cn1nc(-c2cccc(Cl)c2)nc1-c1ccccc1CBr. The highest BCUT2D eigenvalue weighted by Crippen LogP contribution is 2.26. The Morgan fingerprint density at radius 2 is 1.95 bits per heavy atom. The van der Waals surface area contributed by atoms with Gasteiger partial charge >= 0.3 is 0 Å². The third kappa shape index (κ3) is 2.87. The first-order valence-corrected chi connectivity index (χ1v) is 8.00. The summed E-state index contributed by atoms with van der Waals surface area (Å²) >= 11 is 9.55. The number of aryl methyl sites for hydroxylation is 1. The molecule has 0 spiro atoms. The fourth-order valence-corrected chi connectivity index (χ4v) is 2.90. The monoisotopic (exact) mass is 361 g/mol. The lowest BCUT2D eigenvalue weighted by Gasteiger charge is -2.05. The number of hydrogen-bond acceptors (Lipinski definition) is 2. The second kappa shape index (κ2) is 6.00. The Balaban J connectivity index is 2.10. The minimum atomic E-state index is 0.680. The van der Waals surface area contributed by atoms with Crippen LogP contribution in [0.5, 0.6) is 0 Å². The second-order valence-corrected chi connectivity index (χ2v) is 5.68. The first-order chi connectivity index (χ1) is 10.2. The predicted octanol–water partition coefficient (Wildman–Crippen LogP) is 4.70. The molecular formula is C16H13BrClN3. The highest BCUT2D eigenvalue weighted by molar-refractivity contribution is 9.08. The zero-order valence-corrected chi connectivity index (χ0v) is 13.8. The first-order valence-electron chi connectivity index (χ1n) is 6.50. The molecule has 0 saturated carbocycles. The van der Waals surface area contributed by atoms with Crippen LogP contribution in [0.2, 0.25) is 5.02 Å². The number of aromatic nitrogens is 3. The number of benzene rings is 2.